The molecular formula is C20H26ClN3O3S. The molecule has 6 nitrogen and oxygen atoms in total. The maximum absolute atomic E-state index is 12.6. The number of hydrogen-bond donors (Lipinski definition) is 3. The van der Waals surface area contributed by atoms with Crippen LogP contribution in [-0.2, 0) is 21.4 Å². The average Bonchev–Trinajstić information content (AvgIpc) is 3.16. The predicted octanol–water partition coefficient (Wildman–Crippen LogP) is 2.90. The van der Waals surface area contributed by atoms with Crippen LogP contribution in [0.25, 0.3) is 0 Å². The van der Waals surface area contributed by atoms with Gasteiger partial charge in [0.15, 0.2) is 0 Å². The molecule has 3 rings (SSSR count). The number of anilines is 1. The van der Waals surface area contributed by atoms with Crippen LogP contribution in [0.2, 0.25) is 0 Å². The van der Waals surface area contributed by atoms with Gasteiger partial charge in [-0.25, -0.2) is 8.42 Å². The van der Waals surface area contributed by atoms with Crippen molar-refractivity contribution >= 4 is 34.0 Å². The molecule has 0 heterocycles. The number of para-hydroxylation sites is 1. The van der Waals surface area contributed by atoms with Crippen LogP contribution in [0, 0.1) is 11.8 Å². The molecule has 2 aromatic carbocycles. The topological polar surface area (TPSA) is 101 Å². The van der Waals surface area contributed by atoms with E-state index >= 15 is 0 Å². The minimum atomic E-state index is -3.68. The number of carbonyl (C=O) groups is 1. The van der Waals surface area contributed by atoms with Crippen LogP contribution in [0.15, 0.2) is 59.5 Å². The smallest absolute Gasteiger partial charge is 0.261 e. The van der Waals surface area contributed by atoms with Crippen LogP contribution >= 0.6 is 12.4 Å². The van der Waals surface area contributed by atoms with Gasteiger partial charge in [0.1, 0.15) is 0 Å². The van der Waals surface area contributed by atoms with E-state index in [9.17, 15) is 13.2 Å². The lowest BCUT2D eigenvalue weighted by Gasteiger charge is -2.18. The maximum Gasteiger partial charge on any atom is 0.261 e. The van der Waals surface area contributed by atoms with Gasteiger partial charge in [0.05, 0.1) is 10.6 Å². The summed E-state index contributed by atoms with van der Waals surface area (Å²) in [4.78, 5) is 12.7. The summed E-state index contributed by atoms with van der Waals surface area (Å²) in [5.74, 6) is 0.170. The Labute approximate surface area is 172 Å². The molecule has 4 N–H and O–H groups in total. The second-order valence-corrected chi connectivity index (χ2v) is 8.51. The van der Waals surface area contributed by atoms with Gasteiger partial charge >= 0.3 is 0 Å². The van der Waals surface area contributed by atoms with E-state index in [-0.39, 0.29) is 41.6 Å². The fraction of sp³-hybridized carbons (Fsp3) is 0.350. The van der Waals surface area contributed by atoms with Crippen molar-refractivity contribution in [1.29, 1.82) is 0 Å². The van der Waals surface area contributed by atoms with Gasteiger partial charge in [-0.2, -0.15) is 0 Å². The molecule has 28 heavy (non-hydrogen) atoms. The first-order chi connectivity index (χ1) is 13.0. The van der Waals surface area contributed by atoms with Crippen LogP contribution in [-0.4, -0.2) is 20.9 Å². The highest BCUT2D eigenvalue weighted by Crippen LogP contribution is 2.31. The molecule has 1 saturated carbocycles. The van der Waals surface area contributed by atoms with Crippen molar-refractivity contribution in [2.75, 3.05) is 11.3 Å². The molecule has 1 amide bonds. The van der Waals surface area contributed by atoms with Crippen LogP contribution in [0.5, 0.6) is 0 Å². The first kappa shape index (κ1) is 22.2. The third kappa shape index (κ3) is 5.25. The van der Waals surface area contributed by atoms with E-state index < -0.39 is 10.0 Å². The molecule has 0 spiro atoms. The molecule has 0 radical (unpaired) electrons. The normalized spacial score (nSPS) is 18.9. The molecule has 0 bridgehead atoms. The lowest BCUT2D eigenvalue weighted by atomic mass is 9.95. The van der Waals surface area contributed by atoms with Crippen molar-refractivity contribution in [1.82, 2.24) is 5.32 Å². The standard InChI is InChI=1S/C20H25N3O3S.ClH/c21-13-15-8-6-11-18(15)20(24)22-14-16-7-4-5-12-19(16)23-27(25,26)17-9-2-1-3-10-17;/h1-5,7,9-10,12,15,18,23H,6,8,11,13-14,21H2,(H,22,24);1H/t15-,18-;/m1./s1. The van der Waals surface area contributed by atoms with Crippen molar-refractivity contribution in [3.05, 3.63) is 60.2 Å². The van der Waals surface area contributed by atoms with E-state index in [1.165, 1.54) is 0 Å². The number of nitrogens with one attached hydrogen (secondary N) is 2. The Morgan fingerprint density at radius 2 is 1.71 bits per heavy atom. The number of halogens is 1. The number of amides is 1. The lowest BCUT2D eigenvalue weighted by Crippen LogP contribution is -2.34. The second kappa shape index (κ2) is 9.91. The number of hydrogen-bond acceptors (Lipinski definition) is 4. The number of carbonyl (C=O) groups excluding carboxylic acids is 1. The third-order valence-corrected chi connectivity index (χ3v) is 6.45. The van der Waals surface area contributed by atoms with E-state index in [0.29, 0.717) is 17.8 Å². The highest BCUT2D eigenvalue weighted by molar-refractivity contribution is 7.92. The van der Waals surface area contributed by atoms with Gasteiger partial charge in [-0.15, -0.1) is 12.4 Å². The summed E-state index contributed by atoms with van der Waals surface area (Å²) in [6.07, 6.45) is 2.87. The van der Waals surface area contributed by atoms with E-state index in [4.69, 9.17) is 5.73 Å². The van der Waals surface area contributed by atoms with Gasteiger partial charge in [0, 0.05) is 12.5 Å². The van der Waals surface area contributed by atoms with Gasteiger partial charge in [-0.05, 0) is 49.1 Å². The molecule has 1 fully saturated rings. The summed E-state index contributed by atoms with van der Waals surface area (Å²) in [5, 5.41) is 2.94. The van der Waals surface area contributed by atoms with Gasteiger partial charge in [-0.3, -0.25) is 9.52 Å². The monoisotopic (exact) mass is 423 g/mol. The summed E-state index contributed by atoms with van der Waals surface area (Å²) in [7, 11) is -3.68. The molecule has 8 heteroatoms. The molecular weight excluding hydrogens is 398 g/mol. The Morgan fingerprint density at radius 3 is 2.43 bits per heavy atom. The molecule has 2 atom stereocenters. The summed E-state index contributed by atoms with van der Waals surface area (Å²) < 4.78 is 27.8. The minimum absolute atomic E-state index is 0. The second-order valence-electron chi connectivity index (χ2n) is 6.83. The average molecular weight is 424 g/mol. The zero-order valence-corrected chi connectivity index (χ0v) is 17.1. The fourth-order valence-electron chi connectivity index (χ4n) is 3.55. The van der Waals surface area contributed by atoms with E-state index in [1.807, 2.05) is 6.07 Å². The molecule has 0 unspecified atom stereocenters. The molecule has 2 aromatic rings. The summed E-state index contributed by atoms with van der Waals surface area (Å²) in [6.45, 7) is 0.783. The summed E-state index contributed by atoms with van der Waals surface area (Å²) >= 11 is 0. The highest BCUT2D eigenvalue weighted by Gasteiger charge is 2.31. The van der Waals surface area contributed by atoms with Crippen molar-refractivity contribution in [3.8, 4) is 0 Å². The molecule has 152 valence electrons. The van der Waals surface area contributed by atoms with E-state index in [0.717, 1.165) is 19.3 Å². The lowest BCUT2D eigenvalue weighted by molar-refractivity contribution is -0.126. The van der Waals surface area contributed by atoms with Gasteiger partial charge in [0.2, 0.25) is 5.91 Å². The number of rotatable bonds is 7. The predicted molar refractivity (Wildman–Crippen MR) is 113 cm³/mol. The van der Waals surface area contributed by atoms with Gasteiger partial charge in [-0.1, -0.05) is 42.8 Å². The highest BCUT2D eigenvalue weighted by atomic mass is 35.5. The van der Waals surface area contributed by atoms with E-state index in [1.54, 1.807) is 48.5 Å². The third-order valence-electron chi connectivity index (χ3n) is 5.07. The number of benzene rings is 2. The maximum atomic E-state index is 12.6. The number of nitrogens with two attached hydrogens (primary N) is 1. The Balaban J connectivity index is 0.00000280. The minimum Gasteiger partial charge on any atom is -0.352 e. The van der Waals surface area contributed by atoms with E-state index in [2.05, 4.69) is 10.0 Å². The molecule has 1 aliphatic rings. The van der Waals surface area contributed by atoms with Crippen LogP contribution < -0.4 is 15.8 Å². The Hall–Kier alpha value is -2.09. The van der Waals surface area contributed by atoms with Crippen molar-refractivity contribution in [2.45, 2.75) is 30.7 Å². The van der Waals surface area contributed by atoms with Gasteiger partial charge < -0.3 is 11.1 Å². The zero-order chi connectivity index (χ0) is 19.3. The van der Waals surface area contributed by atoms with Crippen LogP contribution in [0.1, 0.15) is 24.8 Å². The summed E-state index contributed by atoms with van der Waals surface area (Å²) in [5.41, 5.74) is 6.94. The van der Waals surface area contributed by atoms with Gasteiger partial charge in [0.25, 0.3) is 10.0 Å². The van der Waals surface area contributed by atoms with Crippen LogP contribution in [0.4, 0.5) is 5.69 Å². The summed E-state index contributed by atoms with van der Waals surface area (Å²) in [6, 6.07) is 15.3. The molecule has 0 saturated heterocycles. The first-order valence-electron chi connectivity index (χ1n) is 9.15. The fourth-order valence-corrected chi connectivity index (χ4v) is 4.68. The Morgan fingerprint density at radius 1 is 1.04 bits per heavy atom. The molecule has 0 aliphatic heterocycles. The Bertz CT molecular complexity index is 891. The van der Waals surface area contributed by atoms with Crippen LogP contribution in [0.3, 0.4) is 0 Å². The quantitative estimate of drug-likeness (QED) is 0.637. The Kier molecular flexibility index (Phi) is 7.86. The van der Waals surface area contributed by atoms with Crippen molar-refractivity contribution in [3.63, 3.8) is 0 Å². The van der Waals surface area contributed by atoms with Crippen molar-refractivity contribution < 1.29 is 13.2 Å². The SMILES string of the molecule is Cl.NC[C@H]1CCC[C@H]1C(=O)NCc1ccccc1NS(=O)(=O)c1ccccc1. The zero-order valence-electron chi connectivity index (χ0n) is 15.5. The molecule has 0 aromatic heterocycles. The number of sulfonamides is 1. The molecule has 1 aliphatic carbocycles. The van der Waals surface area contributed by atoms with Crippen molar-refractivity contribution in [2.24, 2.45) is 17.6 Å². The largest absolute Gasteiger partial charge is 0.352 e. The first-order valence-corrected chi connectivity index (χ1v) is 10.6.